The van der Waals surface area contributed by atoms with Gasteiger partial charge in [-0.25, -0.2) is 0 Å². The summed E-state index contributed by atoms with van der Waals surface area (Å²) in [5, 5.41) is 7.84. The first-order valence-electron chi connectivity index (χ1n) is 16.0. The molecule has 0 spiro atoms. The Morgan fingerprint density at radius 1 is 0.478 bits per heavy atom. The number of rotatable bonds is 3. The van der Waals surface area contributed by atoms with Crippen LogP contribution in [0, 0.1) is 0 Å². The van der Waals surface area contributed by atoms with Crippen LogP contribution in [-0.2, 0) is 9.31 Å². The second kappa shape index (κ2) is 9.80. The highest BCUT2D eigenvalue weighted by atomic mass is 35.5. The fourth-order valence-electron chi connectivity index (χ4n) is 7.66. The summed E-state index contributed by atoms with van der Waals surface area (Å²) in [5.41, 5.74) is 9.80. The van der Waals surface area contributed by atoms with Gasteiger partial charge in [-0.15, -0.1) is 0 Å². The van der Waals surface area contributed by atoms with Crippen molar-refractivity contribution in [2.45, 2.75) is 38.9 Å². The Labute approximate surface area is 274 Å². The van der Waals surface area contributed by atoms with E-state index in [2.05, 4.69) is 143 Å². The van der Waals surface area contributed by atoms with Gasteiger partial charge in [0.05, 0.1) is 11.2 Å². The number of fused-ring (bicyclic) bond motifs is 6. The summed E-state index contributed by atoms with van der Waals surface area (Å²) in [6, 6.07) is 43.7. The van der Waals surface area contributed by atoms with Crippen molar-refractivity contribution in [1.29, 1.82) is 0 Å². The minimum Gasteiger partial charge on any atom is -0.399 e. The van der Waals surface area contributed by atoms with Gasteiger partial charge in [0.15, 0.2) is 0 Å². The van der Waals surface area contributed by atoms with Gasteiger partial charge in [0.1, 0.15) is 0 Å². The van der Waals surface area contributed by atoms with Gasteiger partial charge in [-0.1, -0.05) is 127 Å². The molecule has 0 bridgehead atoms. The van der Waals surface area contributed by atoms with Crippen molar-refractivity contribution in [3.8, 4) is 44.5 Å². The van der Waals surface area contributed by atoms with Crippen molar-refractivity contribution >= 4 is 56.5 Å². The molecular weight excluding hydrogens is 583 g/mol. The SMILES string of the molecule is CC1(C)OB(c2ccc3c4c(ccc(Cl)c24)-c2c-3c(-c3ccccc3)c3c(ccc4ccccc43)c2-c2ccccc2)OC1(C)C. The summed E-state index contributed by atoms with van der Waals surface area (Å²) in [4.78, 5) is 0. The van der Waals surface area contributed by atoms with Gasteiger partial charge in [-0.3, -0.25) is 0 Å². The predicted octanol–water partition coefficient (Wildman–Crippen LogP) is 11.1. The first kappa shape index (κ1) is 27.9. The number of hydrogen-bond acceptors (Lipinski definition) is 2. The van der Waals surface area contributed by atoms with Gasteiger partial charge in [0.25, 0.3) is 0 Å². The van der Waals surface area contributed by atoms with Crippen LogP contribution in [0.4, 0.5) is 0 Å². The lowest BCUT2D eigenvalue weighted by Crippen LogP contribution is -2.41. The summed E-state index contributed by atoms with van der Waals surface area (Å²) in [5.74, 6) is 0. The van der Waals surface area contributed by atoms with Gasteiger partial charge in [0.2, 0.25) is 0 Å². The van der Waals surface area contributed by atoms with Crippen LogP contribution in [0.2, 0.25) is 5.02 Å². The van der Waals surface area contributed by atoms with Crippen LogP contribution >= 0.6 is 11.6 Å². The molecule has 0 aromatic heterocycles. The third-order valence-electron chi connectivity index (χ3n) is 10.5. The van der Waals surface area contributed by atoms with Crippen LogP contribution in [0.15, 0.2) is 121 Å². The zero-order chi connectivity index (χ0) is 31.4. The Kier molecular flexibility index (Phi) is 5.94. The molecule has 46 heavy (non-hydrogen) atoms. The van der Waals surface area contributed by atoms with Gasteiger partial charge < -0.3 is 9.31 Å². The first-order chi connectivity index (χ1) is 22.2. The van der Waals surface area contributed by atoms with E-state index in [0.717, 1.165) is 16.2 Å². The lowest BCUT2D eigenvalue weighted by molar-refractivity contribution is 0.00578. The molecule has 9 rings (SSSR count). The molecular formula is C42H32BClO2. The zero-order valence-corrected chi connectivity index (χ0v) is 27.1. The molecule has 2 aliphatic rings. The predicted molar refractivity (Wildman–Crippen MR) is 195 cm³/mol. The monoisotopic (exact) mass is 614 g/mol. The topological polar surface area (TPSA) is 18.5 Å². The second-order valence-corrected chi connectivity index (χ2v) is 14.0. The third-order valence-corrected chi connectivity index (χ3v) is 10.8. The Bertz CT molecular complexity index is 2360. The third kappa shape index (κ3) is 3.80. The summed E-state index contributed by atoms with van der Waals surface area (Å²) < 4.78 is 13.2. The van der Waals surface area contributed by atoms with E-state index < -0.39 is 18.3 Å². The van der Waals surface area contributed by atoms with E-state index in [-0.39, 0.29) is 0 Å². The van der Waals surface area contributed by atoms with E-state index in [1.807, 2.05) is 6.07 Å². The molecule has 1 saturated heterocycles. The molecule has 4 heteroatoms. The highest BCUT2D eigenvalue weighted by Crippen LogP contribution is 2.59. The molecule has 222 valence electrons. The number of hydrogen-bond donors (Lipinski definition) is 0. The molecule has 1 aliphatic heterocycles. The molecule has 0 unspecified atom stereocenters. The fourth-order valence-corrected chi connectivity index (χ4v) is 7.92. The maximum atomic E-state index is 7.18. The average molecular weight is 615 g/mol. The van der Waals surface area contributed by atoms with Crippen molar-refractivity contribution in [2.24, 2.45) is 0 Å². The van der Waals surface area contributed by atoms with Crippen molar-refractivity contribution in [3.05, 3.63) is 126 Å². The van der Waals surface area contributed by atoms with Crippen molar-refractivity contribution in [2.75, 3.05) is 0 Å². The minimum absolute atomic E-state index is 0.463. The average Bonchev–Trinajstić information content (AvgIpc) is 3.51. The molecule has 0 atom stereocenters. The Morgan fingerprint density at radius 3 is 1.72 bits per heavy atom. The van der Waals surface area contributed by atoms with Crippen molar-refractivity contribution in [1.82, 2.24) is 0 Å². The summed E-state index contributed by atoms with van der Waals surface area (Å²) >= 11 is 7.18. The van der Waals surface area contributed by atoms with Crippen LogP contribution in [-0.4, -0.2) is 18.3 Å². The maximum Gasteiger partial charge on any atom is 0.495 e. The van der Waals surface area contributed by atoms with Crippen LogP contribution < -0.4 is 5.46 Å². The Morgan fingerprint density at radius 2 is 1.04 bits per heavy atom. The normalized spacial score (nSPS) is 16.1. The lowest BCUT2D eigenvalue weighted by atomic mass is 9.75. The van der Waals surface area contributed by atoms with Crippen LogP contribution in [0.5, 0.6) is 0 Å². The smallest absolute Gasteiger partial charge is 0.399 e. The molecule has 2 nitrogen and oxygen atoms in total. The van der Waals surface area contributed by atoms with Crippen LogP contribution in [0.25, 0.3) is 76.8 Å². The van der Waals surface area contributed by atoms with Gasteiger partial charge in [-0.2, -0.15) is 0 Å². The highest BCUT2D eigenvalue weighted by molar-refractivity contribution is 6.66. The zero-order valence-electron chi connectivity index (χ0n) is 26.3. The molecule has 7 aromatic carbocycles. The van der Waals surface area contributed by atoms with E-state index in [0.29, 0.717) is 5.02 Å². The fraction of sp³-hybridized carbons (Fsp3) is 0.143. The lowest BCUT2D eigenvalue weighted by Gasteiger charge is -2.32. The molecule has 0 saturated carbocycles. The van der Waals surface area contributed by atoms with Gasteiger partial charge in [-0.05, 0) is 111 Å². The van der Waals surface area contributed by atoms with Crippen molar-refractivity contribution < 1.29 is 9.31 Å². The highest BCUT2D eigenvalue weighted by Gasteiger charge is 2.52. The molecule has 1 aliphatic carbocycles. The first-order valence-corrected chi connectivity index (χ1v) is 16.4. The second-order valence-electron chi connectivity index (χ2n) is 13.6. The molecule has 0 radical (unpaired) electrons. The minimum atomic E-state index is -0.527. The number of halogens is 1. The Hall–Kier alpha value is -4.41. The number of benzene rings is 7. The van der Waals surface area contributed by atoms with Crippen LogP contribution in [0.3, 0.4) is 0 Å². The quantitative estimate of drug-likeness (QED) is 0.146. The molecule has 0 amide bonds. The standard InChI is InChI=1S/C42H32BClO2/c1-41(2)42(3,4)46-43(45-41)32-23-21-30-37-31(22-24-33(44)40(32)37)38-34(26-14-7-5-8-15-26)29-20-19-25-13-11-12-18-28(25)36(29)35(39(30)38)27-16-9-6-10-17-27/h5-24H,1-4H3. The van der Waals surface area contributed by atoms with E-state index in [1.165, 1.54) is 66.1 Å². The van der Waals surface area contributed by atoms with Crippen molar-refractivity contribution in [3.63, 3.8) is 0 Å². The Balaban J connectivity index is 1.48. The molecule has 0 N–H and O–H groups in total. The summed E-state index contributed by atoms with van der Waals surface area (Å²) in [6.45, 7) is 8.38. The van der Waals surface area contributed by atoms with Crippen LogP contribution in [0.1, 0.15) is 27.7 Å². The van der Waals surface area contributed by atoms with E-state index in [1.54, 1.807) is 0 Å². The summed E-state index contributed by atoms with van der Waals surface area (Å²) in [7, 11) is -0.527. The van der Waals surface area contributed by atoms with Gasteiger partial charge >= 0.3 is 7.12 Å². The van der Waals surface area contributed by atoms with E-state index in [9.17, 15) is 0 Å². The maximum absolute atomic E-state index is 7.18. The molecule has 1 heterocycles. The molecule has 1 fully saturated rings. The summed E-state index contributed by atoms with van der Waals surface area (Å²) in [6.07, 6.45) is 0. The van der Waals surface area contributed by atoms with Gasteiger partial charge in [0, 0.05) is 10.4 Å². The van der Waals surface area contributed by atoms with E-state index in [4.69, 9.17) is 20.9 Å². The molecule has 7 aromatic rings. The largest absolute Gasteiger partial charge is 0.495 e. The van der Waals surface area contributed by atoms with E-state index >= 15 is 0 Å².